The molecule has 0 aliphatic rings. The van der Waals surface area contributed by atoms with Gasteiger partial charge in [-0.1, -0.05) is 24.3 Å². The zero-order valence-electron chi connectivity index (χ0n) is 15.3. The van der Waals surface area contributed by atoms with E-state index in [1.807, 2.05) is 51.1 Å². The number of nitrogens with zero attached hydrogens (tertiary/aromatic N) is 2. The molecule has 1 heterocycles. The molecule has 0 aliphatic heterocycles. The molecule has 0 bridgehead atoms. The summed E-state index contributed by atoms with van der Waals surface area (Å²) in [5.41, 5.74) is 5.50. The molecule has 0 saturated heterocycles. The molecule has 27 heavy (non-hydrogen) atoms. The van der Waals surface area contributed by atoms with Crippen LogP contribution in [-0.2, 0) is 0 Å². The summed E-state index contributed by atoms with van der Waals surface area (Å²) < 4.78 is 1.04. The van der Waals surface area contributed by atoms with Gasteiger partial charge in [-0.2, -0.15) is 5.10 Å². The van der Waals surface area contributed by atoms with Gasteiger partial charge in [0.25, 0.3) is 5.56 Å². The maximum absolute atomic E-state index is 12.2. The van der Waals surface area contributed by atoms with Gasteiger partial charge in [-0.3, -0.25) is 15.2 Å². The van der Waals surface area contributed by atoms with Crippen molar-refractivity contribution in [3.63, 3.8) is 0 Å². The van der Waals surface area contributed by atoms with Gasteiger partial charge in [0.15, 0.2) is 0 Å². The van der Waals surface area contributed by atoms with Crippen LogP contribution in [0.2, 0.25) is 0 Å². The summed E-state index contributed by atoms with van der Waals surface area (Å²) in [6.07, 6.45) is 1.19. The topological polar surface area (TPSA) is 99.5 Å². The summed E-state index contributed by atoms with van der Waals surface area (Å²) in [5.74, 6) is -0.470. The van der Waals surface area contributed by atoms with Crippen LogP contribution in [0.5, 0.6) is 5.88 Å². The first-order valence-electron chi connectivity index (χ1n) is 8.39. The van der Waals surface area contributed by atoms with Crippen LogP contribution in [-0.4, -0.2) is 20.9 Å². The van der Waals surface area contributed by atoms with Crippen LogP contribution in [0.3, 0.4) is 0 Å². The molecule has 138 valence electrons. The number of aryl methyl sites for hydroxylation is 3. The normalized spacial score (nSPS) is 11.1. The summed E-state index contributed by atoms with van der Waals surface area (Å²) in [6.45, 7) is 5.77. The average molecular weight is 364 g/mol. The number of nitrogens with one attached hydrogen (secondary N) is 2. The number of hydrogen-bond acceptors (Lipinski definition) is 5. The second-order valence-corrected chi connectivity index (χ2v) is 6.29. The van der Waals surface area contributed by atoms with Gasteiger partial charge in [-0.15, -0.1) is 0 Å². The van der Waals surface area contributed by atoms with E-state index in [-0.39, 0.29) is 5.56 Å². The summed E-state index contributed by atoms with van der Waals surface area (Å²) >= 11 is 0. The minimum absolute atomic E-state index is 0.117. The molecule has 0 atom stereocenters. The molecule has 2 aromatic carbocycles. The van der Waals surface area contributed by atoms with Crippen LogP contribution < -0.4 is 16.7 Å². The van der Waals surface area contributed by atoms with E-state index in [4.69, 9.17) is 0 Å². The Hall–Kier alpha value is -3.61. The van der Waals surface area contributed by atoms with Gasteiger partial charge in [0.1, 0.15) is 5.56 Å². The van der Waals surface area contributed by atoms with Crippen molar-refractivity contribution in [2.75, 3.05) is 5.43 Å². The van der Waals surface area contributed by atoms with Crippen molar-refractivity contribution >= 4 is 11.9 Å². The number of anilines is 1. The highest BCUT2D eigenvalue weighted by molar-refractivity contribution is 5.82. The standard InChI is InChI=1S/C20H20N4O3/c1-12-8-9-15(10-14(12)3)24-19(26)16(18(25)22-20(24)27)11-21-23-17-7-5-4-6-13(17)2/h4-11,23,26H,1-3H3,(H,22,25,27). The molecule has 1 aromatic heterocycles. The average Bonchev–Trinajstić information content (AvgIpc) is 2.62. The number of para-hydroxylation sites is 1. The van der Waals surface area contributed by atoms with Crippen molar-refractivity contribution in [3.8, 4) is 11.6 Å². The van der Waals surface area contributed by atoms with Crippen LogP contribution in [0.15, 0.2) is 57.2 Å². The summed E-state index contributed by atoms with van der Waals surface area (Å²) in [5, 5.41) is 14.6. The predicted octanol–water partition coefficient (Wildman–Crippen LogP) is 2.60. The number of aromatic hydroxyl groups is 1. The highest BCUT2D eigenvalue weighted by atomic mass is 16.3. The largest absolute Gasteiger partial charge is 0.493 e. The Morgan fingerprint density at radius 2 is 1.78 bits per heavy atom. The number of aromatic nitrogens is 2. The fourth-order valence-electron chi connectivity index (χ4n) is 2.62. The molecule has 0 spiro atoms. The van der Waals surface area contributed by atoms with Gasteiger partial charge in [0.05, 0.1) is 17.6 Å². The van der Waals surface area contributed by atoms with Crippen LogP contribution in [0.25, 0.3) is 5.69 Å². The molecule has 0 aliphatic carbocycles. The third kappa shape index (κ3) is 3.67. The van der Waals surface area contributed by atoms with Crippen LogP contribution >= 0.6 is 0 Å². The quantitative estimate of drug-likeness (QED) is 0.489. The number of benzene rings is 2. The van der Waals surface area contributed by atoms with E-state index in [0.717, 1.165) is 26.9 Å². The zero-order chi connectivity index (χ0) is 19.6. The van der Waals surface area contributed by atoms with E-state index in [0.29, 0.717) is 5.69 Å². The highest BCUT2D eigenvalue weighted by Crippen LogP contribution is 2.18. The molecular weight excluding hydrogens is 344 g/mol. The van der Waals surface area contributed by atoms with Crippen LogP contribution in [0, 0.1) is 20.8 Å². The lowest BCUT2D eigenvalue weighted by atomic mass is 10.1. The second-order valence-electron chi connectivity index (χ2n) is 6.29. The summed E-state index contributed by atoms with van der Waals surface area (Å²) in [6, 6.07) is 12.8. The molecule has 3 rings (SSSR count). The zero-order valence-corrected chi connectivity index (χ0v) is 15.3. The van der Waals surface area contributed by atoms with Gasteiger partial charge in [-0.05, 0) is 55.7 Å². The molecule has 0 unspecified atom stereocenters. The van der Waals surface area contributed by atoms with Crippen molar-refractivity contribution in [2.45, 2.75) is 20.8 Å². The van der Waals surface area contributed by atoms with Gasteiger partial charge >= 0.3 is 5.69 Å². The second kappa shape index (κ2) is 7.33. The minimum atomic E-state index is -0.718. The molecular formula is C20H20N4O3. The highest BCUT2D eigenvalue weighted by Gasteiger charge is 2.14. The lowest BCUT2D eigenvalue weighted by molar-refractivity contribution is 0.430. The van der Waals surface area contributed by atoms with Gasteiger partial charge in [0, 0.05) is 0 Å². The molecule has 7 nitrogen and oxygen atoms in total. The number of hydrogen-bond donors (Lipinski definition) is 3. The molecule has 0 saturated carbocycles. The van der Waals surface area contributed by atoms with E-state index < -0.39 is 17.1 Å². The van der Waals surface area contributed by atoms with Crippen LogP contribution in [0.4, 0.5) is 5.69 Å². The van der Waals surface area contributed by atoms with Crippen molar-refractivity contribution in [1.29, 1.82) is 0 Å². The molecule has 0 fully saturated rings. The van der Waals surface area contributed by atoms with E-state index in [9.17, 15) is 14.7 Å². The fraction of sp³-hybridized carbons (Fsp3) is 0.150. The van der Waals surface area contributed by atoms with Crippen molar-refractivity contribution in [1.82, 2.24) is 9.55 Å². The van der Waals surface area contributed by atoms with E-state index in [1.165, 1.54) is 6.21 Å². The first-order valence-corrected chi connectivity index (χ1v) is 8.39. The third-order valence-corrected chi connectivity index (χ3v) is 4.39. The molecule has 7 heteroatoms. The number of aromatic amines is 1. The molecule has 0 radical (unpaired) electrons. The number of H-pyrrole nitrogens is 1. The smallest absolute Gasteiger partial charge is 0.335 e. The third-order valence-electron chi connectivity index (χ3n) is 4.39. The molecule has 3 N–H and O–H groups in total. The number of hydrazone groups is 1. The van der Waals surface area contributed by atoms with Gasteiger partial charge in [0.2, 0.25) is 5.88 Å². The van der Waals surface area contributed by atoms with Crippen LogP contribution in [0.1, 0.15) is 22.3 Å². The maximum atomic E-state index is 12.2. The monoisotopic (exact) mass is 364 g/mol. The van der Waals surface area contributed by atoms with E-state index in [1.54, 1.807) is 12.1 Å². The van der Waals surface area contributed by atoms with Crippen molar-refractivity contribution in [3.05, 3.63) is 85.6 Å². The fourth-order valence-corrected chi connectivity index (χ4v) is 2.62. The SMILES string of the molecule is Cc1ccc(-n2c(O)c(C=NNc3ccccc3C)c(=O)[nH]c2=O)cc1C. The van der Waals surface area contributed by atoms with E-state index in [2.05, 4.69) is 15.5 Å². The van der Waals surface area contributed by atoms with Gasteiger partial charge < -0.3 is 5.11 Å². The summed E-state index contributed by atoms with van der Waals surface area (Å²) in [4.78, 5) is 26.6. The Morgan fingerprint density at radius 1 is 1.04 bits per heavy atom. The number of rotatable bonds is 4. The van der Waals surface area contributed by atoms with Crippen molar-refractivity contribution in [2.24, 2.45) is 5.10 Å². The Labute approximate surface area is 155 Å². The first-order chi connectivity index (χ1) is 12.9. The Kier molecular flexibility index (Phi) is 4.94. The van der Waals surface area contributed by atoms with E-state index >= 15 is 0 Å². The molecule has 3 aromatic rings. The maximum Gasteiger partial charge on any atom is 0.335 e. The lowest BCUT2D eigenvalue weighted by Gasteiger charge is -2.11. The Morgan fingerprint density at radius 3 is 2.48 bits per heavy atom. The Bertz CT molecular complexity index is 1140. The van der Waals surface area contributed by atoms with Crippen molar-refractivity contribution < 1.29 is 5.11 Å². The lowest BCUT2D eigenvalue weighted by Crippen LogP contribution is -2.31. The van der Waals surface area contributed by atoms with Gasteiger partial charge in [-0.25, -0.2) is 9.36 Å². The Balaban J connectivity index is 2.03. The predicted molar refractivity (Wildman–Crippen MR) is 106 cm³/mol. The molecule has 0 amide bonds. The first kappa shape index (κ1) is 18.2. The minimum Gasteiger partial charge on any atom is -0.493 e. The summed E-state index contributed by atoms with van der Waals surface area (Å²) in [7, 11) is 0.